The van der Waals surface area contributed by atoms with Crippen molar-refractivity contribution in [1.29, 1.82) is 0 Å². The van der Waals surface area contributed by atoms with Crippen molar-refractivity contribution in [3.05, 3.63) is 47.0 Å². The van der Waals surface area contributed by atoms with Crippen molar-refractivity contribution in [2.75, 3.05) is 26.7 Å². The van der Waals surface area contributed by atoms with Crippen LogP contribution in [0.15, 0.2) is 41.5 Å². The molecule has 0 aliphatic heterocycles. The fourth-order valence-corrected chi connectivity index (χ4v) is 13.6. The maximum absolute atomic E-state index is 14.2. The molecule has 306 valence electrons. The van der Waals surface area contributed by atoms with Crippen molar-refractivity contribution < 1.29 is 29.3 Å². The zero-order chi connectivity index (χ0) is 40.4. The summed E-state index contributed by atoms with van der Waals surface area (Å²) in [7, 11) is 1.77. The van der Waals surface area contributed by atoms with Crippen molar-refractivity contribution in [2.45, 2.75) is 145 Å². The molecule has 0 saturated heterocycles. The lowest BCUT2D eigenvalue weighted by molar-refractivity contribution is -0.235. The first kappa shape index (κ1) is 42.1. The van der Waals surface area contributed by atoms with Crippen LogP contribution in [-0.4, -0.2) is 71.7 Å². The normalized spacial score (nSPS) is 36.1. The zero-order valence-corrected chi connectivity index (χ0v) is 35.7. The van der Waals surface area contributed by atoms with Gasteiger partial charge in [0.15, 0.2) is 5.78 Å². The maximum Gasteiger partial charge on any atom is 0.306 e. The smallest absolute Gasteiger partial charge is 0.306 e. The molecule has 0 aromatic heterocycles. The largest absolute Gasteiger partial charge is 0.462 e. The van der Waals surface area contributed by atoms with Gasteiger partial charge < -0.3 is 25.2 Å². The molecule has 6 rings (SSSR count). The van der Waals surface area contributed by atoms with E-state index in [2.05, 4.69) is 53.8 Å². The second kappa shape index (κ2) is 15.0. The SMILES string of the molecule is CNCC(=O)N(Cc1ccccc1)CC(O)C12CCC3(C)C(CCC4C5(C)CCC(OC(=O)CC(C)(C)CO)C(C)(C)C5CCC43C)C1=C(C(C)C)C(=O)C2. The number of ether oxygens (including phenoxy) is 1. The van der Waals surface area contributed by atoms with Crippen LogP contribution in [0.4, 0.5) is 0 Å². The minimum atomic E-state index is -0.850. The Balaban J connectivity index is 1.30. The zero-order valence-electron chi connectivity index (χ0n) is 35.7. The number of allylic oxidation sites excluding steroid dienone is 1. The van der Waals surface area contributed by atoms with Crippen molar-refractivity contribution in [1.82, 2.24) is 10.2 Å². The van der Waals surface area contributed by atoms with Gasteiger partial charge in [-0.1, -0.05) is 98.2 Å². The molecule has 3 N–H and O–H groups in total. The molecule has 9 atom stereocenters. The fourth-order valence-electron chi connectivity index (χ4n) is 13.6. The molecule has 0 radical (unpaired) electrons. The number of likely N-dealkylation sites (N-methyl/N-ethyl adjacent to an activating group) is 1. The van der Waals surface area contributed by atoms with Crippen LogP contribution < -0.4 is 5.32 Å². The lowest BCUT2D eigenvalue weighted by Gasteiger charge is -2.72. The third-order valence-corrected chi connectivity index (χ3v) is 16.7. The van der Waals surface area contributed by atoms with E-state index in [0.717, 1.165) is 62.5 Å². The molecule has 5 aliphatic carbocycles. The summed E-state index contributed by atoms with van der Waals surface area (Å²) >= 11 is 0. The van der Waals surface area contributed by atoms with Crippen LogP contribution in [0.5, 0.6) is 0 Å². The van der Waals surface area contributed by atoms with E-state index < -0.39 is 16.9 Å². The highest BCUT2D eigenvalue weighted by Crippen LogP contribution is 2.77. The number of ketones is 1. The van der Waals surface area contributed by atoms with E-state index in [-0.39, 0.29) is 83.4 Å². The van der Waals surface area contributed by atoms with Gasteiger partial charge in [0.1, 0.15) is 6.10 Å². The molecule has 1 amide bonds. The molecule has 8 nitrogen and oxygen atoms in total. The number of hydrogen-bond donors (Lipinski definition) is 3. The van der Waals surface area contributed by atoms with Gasteiger partial charge in [-0.05, 0) is 115 Å². The average molecular weight is 761 g/mol. The second-order valence-corrected chi connectivity index (χ2v) is 21.0. The first-order valence-electron chi connectivity index (χ1n) is 21.4. The number of hydrogen-bond acceptors (Lipinski definition) is 7. The molecule has 0 bridgehead atoms. The van der Waals surface area contributed by atoms with E-state index >= 15 is 0 Å². The number of aliphatic hydroxyl groups excluding tert-OH is 2. The Labute approximate surface area is 331 Å². The Bertz CT molecular complexity index is 1650. The van der Waals surface area contributed by atoms with E-state index in [1.807, 2.05) is 44.2 Å². The molecule has 5 aliphatic rings. The highest BCUT2D eigenvalue weighted by Gasteiger charge is 2.71. The van der Waals surface area contributed by atoms with Crippen LogP contribution in [0.2, 0.25) is 0 Å². The van der Waals surface area contributed by atoms with Gasteiger partial charge in [-0.2, -0.15) is 0 Å². The number of fused-ring (bicyclic) bond motifs is 7. The molecule has 1 aromatic carbocycles. The summed E-state index contributed by atoms with van der Waals surface area (Å²) in [6, 6.07) is 9.97. The molecule has 9 unspecified atom stereocenters. The van der Waals surface area contributed by atoms with E-state index in [9.17, 15) is 24.6 Å². The summed E-state index contributed by atoms with van der Waals surface area (Å²) < 4.78 is 6.28. The lowest BCUT2D eigenvalue weighted by atomic mass is 9.33. The Morgan fingerprint density at radius 1 is 0.945 bits per heavy atom. The minimum Gasteiger partial charge on any atom is -0.462 e. The van der Waals surface area contributed by atoms with Crippen LogP contribution in [0.25, 0.3) is 0 Å². The Morgan fingerprint density at radius 2 is 1.64 bits per heavy atom. The first-order chi connectivity index (χ1) is 25.7. The van der Waals surface area contributed by atoms with Crippen LogP contribution >= 0.6 is 0 Å². The number of carbonyl (C=O) groups is 3. The average Bonchev–Trinajstić information content (AvgIpc) is 3.43. The summed E-state index contributed by atoms with van der Waals surface area (Å²) in [5.74, 6) is 1.07. The third-order valence-electron chi connectivity index (χ3n) is 16.7. The Kier molecular flexibility index (Phi) is 11.5. The number of Topliss-reactive ketones (excluding diaryl/α,β-unsaturated/α-hetero) is 1. The molecule has 55 heavy (non-hydrogen) atoms. The first-order valence-corrected chi connectivity index (χ1v) is 21.4. The maximum atomic E-state index is 14.2. The number of aliphatic hydroxyl groups is 2. The topological polar surface area (TPSA) is 116 Å². The van der Waals surface area contributed by atoms with Gasteiger partial charge in [-0.25, -0.2) is 0 Å². The Morgan fingerprint density at radius 3 is 2.27 bits per heavy atom. The number of benzene rings is 1. The van der Waals surface area contributed by atoms with E-state index in [1.165, 1.54) is 5.57 Å². The quantitative estimate of drug-likeness (QED) is 0.186. The summed E-state index contributed by atoms with van der Waals surface area (Å²) in [4.78, 5) is 42.7. The predicted molar refractivity (Wildman–Crippen MR) is 217 cm³/mol. The van der Waals surface area contributed by atoms with Gasteiger partial charge in [0, 0.05) is 36.9 Å². The van der Waals surface area contributed by atoms with Crippen molar-refractivity contribution in [3.63, 3.8) is 0 Å². The number of amides is 1. The monoisotopic (exact) mass is 761 g/mol. The predicted octanol–water partition coefficient (Wildman–Crippen LogP) is 7.90. The van der Waals surface area contributed by atoms with Gasteiger partial charge in [0.2, 0.25) is 5.91 Å². The summed E-state index contributed by atoms with van der Waals surface area (Å²) in [5.41, 5.74) is 1.90. The van der Waals surface area contributed by atoms with Crippen LogP contribution in [-0.2, 0) is 25.7 Å². The second-order valence-electron chi connectivity index (χ2n) is 21.0. The van der Waals surface area contributed by atoms with Crippen LogP contribution in [0, 0.1) is 56.2 Å². The van der Waals surface area contributed by atoms with Crippen LogP contribution in [0.1, 0.15) is 132 Å². The number of nitrogens with zero attached hydrogens (tertiary/aromatic N) is 1. The number of esters is 1. The van der Waals surface area contributed by atoms with Crippen molar-refractivity contribution in [2.24, 2.45) is 56.2 Å². The fraction of sp³-hybridized carbons (Fsp3) is 0.766. The van der Waals surface area contributed by atoms with Crippen molar-refractivity contribution >= 4 is 17.7 Å². The molecule has 1 aromatic rings. The van der Waals surface area contributed by atoms with E-state index in [4.69, 9.17) is 4.74 Å². The molecular weight excluding hydrogens is 689 g/mol. The minimum absolute atomic E-state index is 0.0336. The molecule has 0 spiro atoms. The molecular formula is C47H72N2O6. The van der Waals surface area contributed by atoms with E-state index in [0.29, 0.717) is 24.8 Å². The summed E-state index contributed by atoms with van der Waals surface area (Å²) in [5, 5.41) is 25.4. The molecule has 4 fully saturated rings. The van der Waals surface area contributed by atoms with Gasteiger partial charge in [0.05, 0.1) is 19.1 Å². The molecule has 0 heterocycles. The number of nitrogens with one attached hydrogen (secondary N) is 1. The van der Waals surface area contributed by atoms with Crippen molar-refractivity contribution in [3.8, 4) is 0 Å². The molecule has 8 heteroatoms. The van der Waals surface area contributed by atoms with Gasteiger partial charge >= 0.3 is 5.97 Å². The van der Waals surface area contributed by atoms with E-state index in [1.54, 1.807) is 11.9 Å². The van der Waals surface area contributed by atoms with Gasteiger partial charge in [-0.3, -0.25) is 14.4 Å². The van der Waals surface area contributed by atoms with Crippen LogP contribution in [0.3, 0.4) is 0 Å². The number of rotatable bonds is 12. The standard InChI is InChI=1S/C47H72N2O6/c1-30(2)40-33(51)24-47(36(52)28-49(38(53)26-48-10)27-31-14-12-11-13-15-31)23-22-45(8)32(41(40)47)16-17-35-44(7)20-19-37(55-39(54)25-42(3,4)29-50)43(5,6)34(44)18-21-46(35,45)9/h11-15,30,32,34-37,48,50,52H,16-29H2,1-10H3. The Hall–Kier alpha value is -2.55. The summed E-state index contributed by atoms with van der Waals surface area (Å²) in [6.45, 7) is 21.1. The highest BCUT2D eigenvalue weighted by atomic mass is 16.5. The third kappa shape index (κ3) is 6.96. The lowest BCUT2D eigenvalue weighted by Crippen LogP contribution is -2.66. The van der Waals surface area contributed by atoms with Gasteiger partial charge in [0.25, 0.3) is 0 Å². The highest BCUT2D eigenvalue weighted by molar-refractivity contribution is 6.00. The van der Waals surface area contributed by atoms with Gasteiger partial charge in [-0.15, -0.1) is 0 Å². The molecule has 4 saturated carbocycles. The summed E-state index contributed by atoms with van der Waals surface area (Å²) in [6.07, 6.45) is 7.31. The number of carbonyl (C=O) groups excluding carboxylic acids is 3.